The molecule has 0 fully saturated rings. The summed E-state index contributed by atoms with van der Waals surface area (Å²) in [6.07, 6.45) is 0. The van der Waals surface area contributed by atoms with Gasteiger partial charge in [0.2, 0.25) is 0 Å². The zero-order valence-corrected chi connectivity index (χ0v) is 29.5. The lowest BCUT2D eigenvalue weighted by Crippen LogP contribution is -1.93. The number of hydrogen-bond donors (Lipinski definition) is 0. The van der Waals surface area contributed by atoms with Crippen molar-refractivity contribution < 1.29 is 0 Å². The highest BCUT2D eigenvalue weighted by atomic mass is 14.3. The molecular weight excluding hydrogens is 649 g/mol. The Balaban J connectivity index is 1.12. The highest BCUT2D eigenvalue weighted by Crippen LogP contribution is 2.55. The summed E-state index contributed by atoms with van der Waals surface area (Å²) in [4.78, 5) is 0. The third kappa shape index (κ3) is 4.32. The monoisotopic (exact) mass is 680 g/mol. The number of benzene rings is 11. The Morgan fingerprint density at radius 1 is 0.204 bits per heavy atom. The standard InChI is InChI=1S/C54H32/c1-3-11-33(12-4-1)38-25-27-42(34-13-5-2-6-14-34)48(30-38)53-45-20-8-7-19-44(45)52(54-47-31-41(47)32-49(53)54)40-18-10-17-39(29-40)43-26-23-37-22-21-35-15-9-16-36-24-28-46(43)51(37)50(35)36/h1-32H. The van der Waals surface area contributed by atoms with Crippen LogP contribution in [-0.4, -0.2) is 0 Å². The first-order valence-electron chi connectivity index (χ1n) is 18.8. The molecule has 0 heteroatoms. The van der Waals surface area contributed by atoms with Crippen LogP contribution in [0.3, 0.4) is 0 Å². The van der Waals surface area contributed by atoms with E-state index in [0.717, 1.165) is 0 Å². The molecule has 0 atom stereocenters. The minimum absolute atomic E-state index is 1.23. The summed E-state index contributed by atoms with van der Waals surface area (Å²) in [6, 6.07) is 72.2. The average molecular weight is 681 g/mol. The molecule has 54 heavy (non-hydrogen) atoms. The summed E-state index contributed by atoms with van der Waals surface area (Å²) < 4.78 is 0. The van der Waals surface area contributed by atoms with Crippen LogP contribution in [0, 0.1) is 0 Å². The molecule has 2 aliphatic carbocycles. The van der Waals surface area contributed by atoms with E-state index < -0.39 is 0 Å². The second kappa shape index (κ2) is 11.2. The summed E-state index contributed by atoms with van der Waals surface area (Å²) in [7, 11) is 0. The van der Waals surface area contributed by atoms with Crippen LogP contribution in [0.4, 0.5) is 0 Å². The first-order chi connectivity index (χ1) is 26.8. The maximum absolute atomic E-state index is 2.44. The van der Waals surface area contributed by atoms with E-state index >= 15 is 0 Å². The van der Waals surface area contributed by atoms with Crippen molar-refractivity contribution in [3.63, 3.8) is 0 Å². The molecule has 0 bridgehead atoms. The normalized spacial score (nSPS) is 12.1. The second-order valence-corrected chi connectivity index (χ2v) is 14.8. The Morgan fingerprint density at radius 3 is 1.59 bits per heavy atom. The van der Waals surface area contributed by atoms with Crippen LogP contribution in [0.2, 0.25) is 0 Å². The summed E-state index contributed by atoms with van der Waals surface area (Å²) >= 11 is 0. The summed E-state index contributed by atoms with van der Waals surface area (Å²) in [5, 5.41) is 13.1. The van der Waals surface area contributed by atoms with Gasteiger partial charge in [-0.25, -0.2) is 0 Å². The summed E-state index contributed by atoms with van der Waals surface area (Å²) in [6.45, 7) is 0. The molecular formula is C54H32. The van der Waals surface area contributed by atoms with Crippen molar-refractivity contribution in [2.75, 3.05) is 0 Å². The third-order valence-corrected chi connectivity index (χ3v) is 11.8. The molecule has 0 amide bonds. The fourth-order valence-corrected chi connectivity index (χ4v) is 9.34. The van der Waals surface area contributed by atoms with Crippen molar-refractivity contribution in [3.05, 3.63) is 194 Å². The molecule has 10 aromatic carbocycles. The van der Waals surface area contributed by atoms with Gasteiger partial charge in [0.05, 0.1) is 0 Å². The Labute approximate surface area is 313 Å². The lowest BCUT2D eigenvalue weighted by molar-refractivity contribution is 1.58. The van der Waals surface area contributed by atoms with Gasteiger partial charge in [0.25, 0.3) is 0 Å². The molecule has 0 saturated carbocycles. The van der Waals surface area contributed by atoms with E-state index in [4.69, 9.17) is 0 Å². The van der Waals surface area contributed by atoms with Gasteiger partial charge in [-0.05, 0) is 145 Å². The van der Waals surface area contributed by atoms with Gasteiger partial charge in [0.1, 0.15) is 0 Å². The average Bonchev–Trinajstić information content (AvgIpc) is 3.92. The zero-order valence-electron chi connectivity index (χ0n) is 29.5. The highest BCUT2D eigenvalue weighted by Gasteiger charge is 2.27. The van der Waals surface area contributed by atoms with Crippen LogP contribution in [-0.2, 0) is 0 Å². The zero-order chi connectivity index (χ0) is 35.3. The predicted octanol–water partition coefficient (Wildman–Crippen LogP) is 15.2. The topological polar surface area (TPSA) is 0 Å². The molecule has 10 aromatic rings. The third-order valence-electron chi connectivity index (χ3n) is 11.8. The Kier molecular flexibility index (Phi) is 6.15. The number of hydrogen-bond acceptors (Lipinski definition) is 0. The van der Waals surface area contributed by atoms with Crippen molar-refractivity contribution in [3.8, 4) is 66.8 Å². The second-order valence-electron chi connectivity index (χ2n) is 14.8. The van der Waals surface area contributed by atoms with Gasteiger partial charge in [0, 0.05) is 0 Å². The molecule has 248 valence electrons. The molecule has 0 spiro atoms. The Bertz CT molecular complexity index is 3280. The van der Waals surface area contributed by atoms with Crippen molar-refractivity contribution in [1.82, 2.24) is 0 Å². The van der Waals surface area contributed by atoms with Gasteiger partial charge in [0.15, 0.2) is 0 Å². The smallest absolute Gasteiger partial charge is 0.00137 e. The molecule has 0 radical (unpaired) electrons. The lowest BCUT2D eigenvalue weighted by Gasteiger charge is -2.20. The van der Waals surface area contributed by atoms with Gasteiger partial charge < -0.3 is 0 Å². The van der Waals surface area contributed by atoms with Crippen LogP contribution in [0.5, 0.6) is 0 Å². The SMILES string of the molecule is c1ccc(-c2ccc(-c3ccccc3)c(-c3c4ccccc4c(-c4cccc(-c5ccc6ccc7cccc8ccc5c6c78)c4)c4c5cc-5cc34)c2)cc1. The van der Waals surface area contributed by atoms with E-state index in [0.29, 0.717) is 0 Å². The molecule has 0 aromatic heterocycles. The maximum Gasteiger partial charge on any atom is -0.00137 e. The quantitative estimate of drug-likeness (QED) is 0.125. The largest absolute Gasteiger partial charge is 0.0622 e. The van der Waals surface area contributed by atoms with Crippen LogP contribution in [0.15, 0.2) is 194 Å². The first kappa shape index (κ1) is 29.5. The first-order valence-corrected chi connectivity index (χ1v) is 18.8. The molecule has 0 aliphatic heterocycles. The number of rotatable bonds is 5. The predicted molar refractivity (Wildman–Crippen MR) is 231 cm³/mol. The summed E-state index contributed by atoms with van der Waals surface area (Å²) in [5.41, 5.74) is 15.3. The van der Waals surface area contributed by atoms with E-state index in [1.807, 2.05) is 0 Å². The number of fused-ring (bicyclic) bond motifs is 4. The Hall–Kier alpha value is -7.02. The van der Waals surface area contributed by atoms with Gasteiger partial charge in [-0.15, -0.1) is 0 Å². The lowest BCUT2D eigenvalue weighted by atomic mass is 9.83. The fourth-order valence-electron chi connectivity index (χ4n) is 9.34. The van der Waals surface area contributed by atoms with Crippen molar-refractivity contribution in [1.29, 1.82) is 0 Å². The van der Waals surface area contributed by atoms with Gasteiger partial charge >= 0.3 is 0 Å². The van der Waals surface area contributed by atoms with E-state index in [-0.39, 0.29) is 0 Å². The van der Waals surface area contributed by atoms with Crippen molar-refractivity contribution in [2.45, 2.75) is 0 Å². The van der Waals surface area contributed by atoms with Crippen LogP contribution in [0.1, 0.15) is 0 Å². The molecule has 2 aliphatic rings. The molecule has 12 rings (SSSR count). The van der Waals surface area contributed by atoms with E-state index in [1.54, 1.807) is 0 Å². The van der Waals surface area contributed by atoms with E-state index in [1.165, 1.54) is 121 Å². The van der Waals surface area contributed by atoms with Crippen LogP contribution >= 0.6 is 0 Å². The molecule has 0 nitrogen and oxygen atoms in total. The van der Waals surface area contributed by atoms with Crippen LogP contribution < -0.4 is 0 Å². The molecule has 0 N–H and O–H groups in total. The van der Waals surface area contributed by atoms with E-state index in [9.17, 15) is 0 Å². The highest BCUT2D eigenvalue weighted by molar-refractivity contribution is 6.30. The summed E-state index contributed by atoms with van der Waals surface area (Å²) in [5.74, 6) is 0. The van der Waals surface area contributed by atoms with Gasteiger partial charge in [-0.2, -0.15) is 0 Å². The Morgan fingerprint density at radius 2 is 0.796 bits per heavy atom. The van der Waals surface area contributed by atoms with E-state index in [2.05, 4.69) is 194 Å². The maximum atomic E-state index is 2.44. The van der Waals surface area contributed by atoms with Gasteiger partial charge in [-0.3, -0.25) is 0 Å². The molecule has 0 saturated heterocycles. The molecule has 0 heterocycles. The van der Waals surface area contributed by atoms with Gasteiger partial charge in [-0.1, -0.05) is 170 Å². The fraction of sp³-hybridized carbons (Fsp3) is 0. The molecule has 0 unspecified atom stereocenters. The minimum atomic E-state index is 1.23. The van der Waals surface area contributed by atoms with Crippen molar-refractivity contribution >= 4 is 53.9 Å². The minimum Gasteiger partial charge on any atom is -0.0622 e. The van der Waals surface area contributed by atoms with Crippen LogP contribution in [0.25, 0.3) is 121 Å². The van der Waals surface area contributed by atoms with Crippen molar-refractivity contribution in [2.24, 2.45) is 0 Å².